The van der Waals surface area contributed by atoms with Crippen molar-refractivity contribution in [1.82, 2.24) is 5.16 Å². The largest absolute Gasteiger partial charge is 0.361 e. The molecule has 0 unspecified atom stereocenters. The zero-order valence-corrected chi connectivity index (χ0v) is 16.4. The lowest BCUT2D eigenvalue weighted by atomic mass is 9.92. The summed E-state index contributed by atoms with van der Waals surface area (Å²) in [6, 6.07) is 8.23. The number of Topliss-reactive ketones (excluding diaryl/α,β-unsaturated/α-hetero) is 1. The first kappa shape index (κ1) is 19.4. The molecule has 136 valence electrons. The first-order chi connectivity index (χ1) is 11.4. The van der Waals surface area contributed by atoms with Crippen LogP contribution in [-0.2, 0) is 26.5 Å². The lowest BCUT2D eigenvalue weighted by molar-refractivity contribution is -0.120. The molecule has 0 atom stereocenters. The molecule has 25 heavy (non-hydrogen) atoms. The van der Waals surface area contributed by atoms with Crippen LogP contribution in [0.15, 0.2) is 39.8 Å². The van der Waals surface area contributed by atoms with Crippen molar-refractivity contribution in [3.8, 4) is 0 Å². The monoisotopic (exact) mass is 363 g/mol. The second-order valence-electron chi connectivity index (χ2n) is 7.86. The van der Waals surface area contributed by atoms with Gasteiger partial charge in [0, 0.05) is 11.5 Å². The maximum absolute atomic E-state index is 12.9. The normalized spacial score (nSPS) is 13.0. The Bertz CT molecular complexity index is 869. The highest BCUT2D eigenvalue weighted by atomic mass is 32.2. The first-order valence-electron chi connectivity index (χ1n) is 8.16. The summed E-state index contributed by atoms with van der Waals surface area (Å²) in [5, 5.41) is 3.91. The van der Waals surface area contributed by atoms with E-state index >= 15 is 0 Å². The molecule has 0 fully saturated rings. The van der Waals surface area contributed by atoms with Gasteiger partial charge in [-0.2, -0.15) is 0 Å². The highest BCUT2D eigenvalue weighted by Gasteiger charge is 2.42. The molecule has 0 aliphatic rings. The minimum absolute atomic E-state index is 0.0856. The van der Waals surface area contributed by atoms with Gasteiger partial charge in [0.2, 0.25) is 0 Å². The number of carbonyl (C=O) groups excluding carboxylic acids is 1. The van der Waals surface area contributed by atoms with E-state index in [9.17, 15) is 13.2 Å². The van der Waals surface area contributed by atoms with Gasteiger partial charge in [0.25, 0.3) is 0 Å². The molecule has 0 spiro atoms. The van der Waals surface area contributed by atoms with Crippen LogP contribution in [0.2, 0.25) is 0 Å². The third kappa shape index (κ3) is 3.84. The van der Waals surface area contributed by atoms with Crippen molar-refractivity contribution >= 4 is 15.6 Å². The molecule has 0 radical (unpaired) electrons. The van der Waals surface area contributed by atoms with Crippen LogP contribution in [0.25, 0.3) is 0 Å². The Morgan fingerprint density at radius 1 is 1.08 bits per heavy atom. The molecule has 5 nitrogen and oxygen atoms in total. The average Bonchev–Trinajstić information content (AvgIpc) is 2.96. The van der Waals surface area contributed by atoms with E-state index in [0.717, 1.165) is 5.56 Å². The Morgan fingerprint density at radius 3 is 2.12 bits per heavy atom. The summed E-state index contributed by atoms with van der Waals surface area (Å²) in [5.41, 5.74) is 1.18. The van der Waals surface area contributed by atoms with Crippen LogP contribution in [0, 0.1) is 6.92 Å². The van der Waals surface area contributed by atoms with E-state index in [1.54, 1.807) is 18.2 Å². The van der Waals surface area contributed by atoms with E-state index in [1.807, 2.05) is 27.7 Å². The highest BCUT2D eigenvalue weighted by molar-refractivity contribution is 7.93. The fourth-order valence-corrected chi connectivity index (χ4v) is 3.74. The van der Waals surface area contributed by atoms with Gasteiger partial charge in [0.1, 0.15) is 10.5 Å². The lowest BCUT2D eigenvalue weighted by Crippen LogP contribution is -2.41. The van der Waals surface area contributed by atoms with Gasteiger partial charge in [0.15, 0.2) is 15.6 Å². The summed E-state index contributed by atoms with van der Waals surface area (Å²) in [6.45, 7) is 10.7. The topological polar surface area (TPSA) is 77.2 Å². The highest BCUT2D eigenvalue weighted by Crippen LogP contribution is 2.29. The number of hydrogen-bond acceptors (Lipinski definition) is 5. The molecule has 0 saturated heterocycles. The quantitative estimate of drug-likeness (QED) is 0.810. The summed E-state index contributed by atoms with van der Waals surface area (Å²) >= 11 is 0. The number of benzene rings is 1. The van der Waals surface area contributed by atoms with Crippen molar-refractivity contribution < 1.29 is 17.7 Å². The summed E-state index contributed by atoms with van der Waals surface area (Å²) in [5.74, 6) is 0.247. The third-order valence-electron chi connectivity index (χ3n) is 4.31. The molecular weight excluding hydrogens is 338 g/mol. The lowest BCUT2D eigenvalue weighted by Gasteiger charge is -2.23. The molecule has 0 aliphatic carbocycles. The van der Waals surface area contributed by atoms with Crippen LogP contribution in [0.1, 0.15) is 51.6 Å². The molecule has 2 rings (SSSR count). The fraction of sp³-hybridized carbons (Fsp3) is 0.474. The van der Waals surface area contributed by atoms with Crippen molar-refractivity contribution in [2.45, 2.75) is 63.0 Å². The number of ketones is 1. The molecule has 1 heterocycles. The summed E-state index contributed by atoms with van der Waals surface area (Å²) < 4.78 is 29.5. The molecule has 0 saturated carbocycles. The van der Waals surface area contributed by atoms with E-state index in [2.05, 4.69) is 5.16 Å². The number of aromatic nitrogens is 1. The van der Waals surface area contributed by atoms with Crippen molar-refractivity contribution in [2.75, 3.05) is 0 Å². The maximum Gasteiger partial charge on any atom is 0.190 e. The SMILES string of the molecule is Cc1ccc(S(=O)(=O)C(C)(C)C(=O)Cc2cc(C(C)(C)C)on2)cc1. The van der Waals surface area contributed by atoms with E-state index < -0.39 is 20.4 Å². The number of sulfone groups is 1. The number of aryl methyl sites for hydroxylation is 1. The summed E-state index contributed by atoms with van der Waals surface area (Å²) in [7, 11) is -3.80. The number of nitrogens with zero attached hydrogens (tertiary/aromatic N) is 1. The van der Waals surface area contributed by atoms with E-state index in [1.165, 1.54) is 26.0 Å². The van der Waals surface area contributed by atoms with Gasteiger partial charge in [-0.25, -0.2) is 8.42 Å². The van der Waals surface area contributed by atoms with Crippen molar-refractivity contribution in [3.63, 3.8) is 0 Å². The minimum Gasteiger partial charge on any atom is -0.361 e. The zero-order valence-electron chi connectivity index (χ0n) is 15.6. The smallest absolute Gasteiger partial charge is 0.190 e. The third-order valence-corrected chi connectivity index (χ3v) is 6.78. The molecule has 0 aliphatic heterocycles. The standard InChI is InChI=1S/C19H25NO4S/c1-13-7-9-15(10-8-13)25(22,23)19(5,6)16(21)11-14-12-17(24-20-14)18(2,3)4/h7-10,12H,11H2,1-6H3. The number of rotatable bonds is 5. The Labute approximate surface area is 149 Å². The zero-order chi connectivity index (χ0) is 19.0. The molecule has 0 bridgehead atoms. The number of hydrogen-bond donors (Lipinski definition) is 0. The minimum atomic E-state index is -3.80. The fourth-order valence-electron chi connectivity index (χ4n) is 2.29. The Kier molecular flexibility index (Phi) is 4.97. The second-order valence-corrected chi connectivity index (χ2v) is 10.4. The van der Waals surface area contributed by atoms with E-state index in [0.29, 0.717) is 11.5 Å². The summed E-state index contributed by atoms with van der Waals surface area (Å²) in [4.78, 5) is 12.9. The van der Waals surface area contributed by atoms with Gasteiger partial charge in [-0.1, -0.05) is 43.6 Å². The van der Waals surface area contributed by atoms with Crippen molar-refractivity contribution in [1.29, 1.82) is 0 Å². The molecule has 6 heteroatoms. The van der Waals surface area contributed by atoms with Crippen LogP contribution in [0.3, 0.4) is 0 Å². The van der Waals surface area contributed by atoms with E-state index in [4.69, 9.17) is 4.52 Å². The van der Waals surface area contributed by atoms with Gasteiger partial charge in [-0.15, -0.1) is 0 Å². The van der Waals surface area contributed by atoms with Gasteiger partial charge in [-0.3, -0.25) is 4.79 Å². The Morgan fingerprint density at radius 2 is 1.64 bits per heavy atom. The predicted molar refractivity (Wildman–Crippen MR) is 96.4 cm³/mol. The molecule has 1 aromatic carbocycles. The average molecular weight is 363 g/mol. The van der Waals surface area contributed by atoms with Gasteiger partial charge in [-0.05, 0) is 32.9 Å². The molecular formula is C19H25NO4S. The predicted octanol–water partition coefficient (Wildman–Crippen LogP) is 3.64. The Balaban J connectivity index is 2.27. The van der Waals surface area contributed by atoms with Crippen LogP contribution in [-0.4, -0.2) is 24.1 Å². The molecule has 1 aromatic heterocycles. The first-order valence-corrected chi connectivity index (χ1v) is 9.64. The van der Waals surface area contributed by atoms with Gasteiger partial charge < -0.3 is 4.52 Å². The van der Waals surface area contributed by atoms with Crippen LogP contribution < -0.4 is 0 Å². The van der Waals surface area contributed by atoms with Crippen molar-refractivity contribution in [2.24, 2.45) is 0 Å². The van der Waals surface area contributed by atoms with Crippen LogP contribution in [0.4, 0.5) is 0 Å². The number of carbonyl (C=O) groups is 1. The van der Waals surface area contributed by atoms with Crippen LogP contribution in [0.5, 0.6) is 0 Å². The van der Waals surface area contributed by atoms with E-state index in [-0.39, 0.29) is 16.7 Å². The molecule has 2 aromatic rings. The summed E-state index contributed by atoms with van der Waals surface area (Å²) in [6.07, 6.45) is -0.0856. The van der Waals surface area contributed by atoms with Gasteiger partial charge in [0.05, 0.1) is 17.0 Å². The molecule has 0 N–H and O–H groups in total. The second kappa shape index (κ2) is 6.41. The molecule has 0 amide bonds. The van der Waals surface area contributed by atoms with Crippen LogP contribution >= 0.6 is 0 Å². The Hall–Kier alpha value is -1.95. The maximum atomic E-state index is 12.9. The van der Waals surface area contributed by atoms with Gasteiger partial charge >= 0.3 is 0 Å². The van der Waals surface area contributed by atoms with Crippen molar-refractivity contribution in [3.05, 3.63) is 47.3 Å².